The summed E-state index contributed by atoms with van der Waals surface area (Å²) in [5.74, 6) is -1.67. The molecule has 0 atom stereocenters. The summed E-state index contributed by atoms with van der Waals surface area (Å²) in [5.41, 5.74) is -1.16. The Morgan fingerprint density at radius 2 is 0.957 bits per heavy atom. The minimum absolute atomic E-state index is 0.119. The van der Waals surface area contributed by atoms with Gasteiger partial charge < -0.3 is 29.6 Å². The van der Waals surface area contributed by atoms with Crippen LogP contribution in [0, 0.1) is 0 Å². The Morgan fingerprint density at radius 3 is 1.30 bits per heavy atom. The van der Waals surface area contributed by atoms with Crippen LogP contribution in [0.2, 0.25) is 0 Å². The highest BCUT2D eigenvalue weighted by molar-refractivity contribution is 7.23. The molecule has 254 valence electrons. The minimum Gasteiger partial charge on any atom is -0.457 e. The summed E-state index contributed by atoms with van der Waals surface area (Å²) in [5, 5.41) is 5.24. The number of nitrogens with one attached hydrogen (secondary N) is 2. The van der Waals surface area contributed by atoms with Crippen LogP contribution in [0.15, 0.2) is 24.3 Å². The van der Waals surface area contributed by atoms with Gasteiger partial charge in [0.05, 0.1) is 9.75 Å². The number of alkyl carbamates (subject to hydrolysis) is 2. The van der Waals surface area contributed by atoms with Crippen molar-refractivity contribution >= 4 is 58.4 Å². The van der Waals surface area contributed by atoms with Crippen molar-refractivity contribution in [1.29, 1.82) is 0 Å². The van der Waals surface area contributed by atoms with Crippen molar-refractivity contribution in [2.24, 2.45) is 0 Å². The number of hydrogen-bond acceptors (Lipinski definition) is 12. The highest BCUT2D eigenvalue weighted by Gasteiger charge is 2.18. The second-order valence-electron chi connectivity index (χ2n) is 12.3. The number of amides is 2. The third kappa shape index (κ3) is 16.0. The van der Waals surface area contributed by atoms with Gasteiger partial charge in [0.1, 0.15) is 11.2 Å². The number of carbonyl (C=O) groups is 6. The van der Waals surface area contributed by atoms with Crippen LogP contribution < -0.4 is 10.6 Å². The number of unbranched alkanes of at least 4 members (excludes halogenated alkanes) is 2. The summed E-state index contributed by atoms with van der Waals surface area (Å²) in [6, 6.07) is 6.80. The molecule has 2 N–H and O–H groups in total. The van der Waals surface area contributed by atoms with E-state index in [1.54, 1.807) is 65.8 Å². The molecule has 12 nitrogen and oxygen atoms in total. The Balaban J connectivity index is 1.67. The fraction of sp³-hybridized carbons (Fsp3) is 0.562. The average Bonchev–Trinajstić information content (AvgIpc) is 3.63. The number of carbonyl (C=O) groups excluding carboxylic acids is 6. The van der Waals surface area contributed by atoms with E-state index in [0.717, 1.165) is 9.75 Å². The molecule has 0 fully saturated rings. The van der Waals surface area contributed by atoms with Gasteiger partial charge in [-0.1, -0.05) is 0 Å². The second-order valence-corrected chi connectivity index (χ2v) is 14.4. The van der Waals surface area contributed by atoms with E-state index in [1.165, 1.54) is 22.7 Å². The van der Waals surface area contributed by atoms with Crippen LogP contribution in [0.3, 0.4) is 0 Å². The summed E-state index contributed by atoms with van der Waals surface area (Å²) >= 11 is 2.45. The molecule has 0 saturated carbocycles. The van der Waals surface area contributed by atoms with Crippen LogP contribution in [-0.2, 0) is 28.5 Å². The van der Waals surface area contributed by atoms with Gasteiger partial charge in [0.25, 0.3) is 0 Å². The highest BCUT2D eigenvalue weighted by Crippen LogP contribution is 2.34. The molecule has 14 heteroatoms. The van der Waals surface area contributed by atoms with Gasteiger partial charge in [-0.15, -0.1) is 22.7 Å². The largest absolute Gasteiger partial charge is 0.457 e. The molecule has 2 aromatic heterocycles. The molecule has 2 heterocycles. The smallest absolute Gasteiger partial charge is 0.407 e. The molecule has 2 rings (SSSR count). The lowest BCUT2D eigenvalue weighted by Gasteiger charge is -2.19. The maximum Gasteiger partial charge on any atom is 0.407 e. The van der Waals surface area contributed by atoms with E-state index in [1.807, 2.05) is 0 Å². The molecule has 0 radical (unpaired) electrons. The molecular weight excluding hydrogens is 636 g/mol. The molecule has 2 aromatic rings. The standard InChI is InChI=1S/C32H44N2O10S2/c1-31(2,3)43-29(39)33-17-9-7-11-27(37)41-19-21(35)23-13-15-25(45-23)26-16-14-24(46-26)22(36)20-42-28(38)12-8-10-18-34-30(40)44-32(4,5)6/h13-16H,7-12,17-20H2,1-6H3,(H,33,39)(H,34,40). The van der Waals surface area contributed by atoms with Crippen molar-refractivity contribution in [3.63, 3.8) is 0 Å². The monoisotopic (exact) mass is 680 g/mol. The van der Waals surface area contributed by atoms with E-state index in [9.17, 15) is 28.8 Å². The van der Waals surface area contributed by atoms with Crippen LogP contribution in [-0.4, -0.2) is 73.2 Å². The molecule has 0 aliphatic heterocycles. The first-order valence-electron chi connectivity index (χ1n) is 15.0. The SMILES string of the molecule is CC(C)(C)OC(=O)NCCCCC(=O)OCC(=O)c1ccc(-c2ccc(C(=O)COC(=O)CCCCNC(=O)OC(C)(C)C)s2)s1. The zero-order valence-electron chi connectivity index (χ0n) is 27.3. The molecule has 2 amide bonds. The van der Waals surface area contributed by atoms with Gasteiger partial charge in [-0.05, 0) is 91.5 Å². The van der Waals surface area contributed by atoms with Crippen molar-refractivity contribution in [2.45, 2.75) is 91.3 Å². The van der Waals surface area contributed by atoms with Gasteiger partial charge in [0.2, 0.25) is 11.6 Å². The van der Waals surface area contributed by atoms with Crippen LogP contribution in [0.25, 0.3) is 9.75 Å². The van der Waals surface area contributed by atoms with E-state index in [2.05, 4.69) is 10.6 Å². The van der Waals surface area contributed by atoms with Gasteiger partial charge >= 0.3 is 24.1 Å². The molecule has 0 aliphatic carbocycles. The number of Topliss-reactive ketones (excluding diaryl/α,β-unsaturated/α-hetero) is 2. The number of rotatable bonds is 17. The van der Waals surface area contributed by atoms with Crippen molar-refractivity contribution < 1.29 is 47.7 Å². The first-order chi connectivity index (χ1) is 21.5. The number of hydrogen-bond donors (Lipinski definition) is 2. The highest BCUT2D eigenvalue weighted by atomic mass is 32.1. The van der Waals surface area contributed by atoms with Gasteiger partial charge in [0, 0.05) is 35.7 Å². The molecule has 0 unspecified atom stereocenters. The Bertz CT molecular complexity index is 1250. The van der Waals surface area contributed by atoms with Gasteiger partial charge in [-0.25, -0.2) is 9.59 Å². The van der Waals surface area contributed by atoms with Crippen molar-refractivity contribution in [1.82, 2.24) is 10.6 Å². The fourth-order valence-corrected chi connectivity index (χ4v) is 5.57. The quantitative estimate of drug-likeness (QED) is 0.0837. The Morgan fingerprint density at radius 1 is 0.587 bits per heavy atom. The van der Waals surface area contributed by atoms with E-state index in [-0.39, 0.29) is 37.6 Å². The van der Waals surface area contributed by atoms with Crippen molar-refractivity contribution in [2.75, 3.05) is 26.3 Å². The first-order valence-corrected chi connectivity index (χ1v) is 16.7. The lowest BCUT2D eigenvalue weighted by Crippen LogP contribution is -2.33. The zero-order chi connectivity index (χ0) is 34.3. The number of esters is 2. The minimum atomic E-state index is -0.582. The molecular formula is C32H44N2O10S2. The molecule has 0 spiro atoms. The molecule has 0 saturated heterocycles. The summed E-state index contributed by atoms with van der Waals surface area (Å²) in [4.78, 5) is 74.8. The Kier molecular flexibility index (Phi) is 15.4. The van der Waals surface area contributed by atoms with E-state index in [4.69, 9.17) is 18.9 Å². The summed E-state index contributed by atoms with van der Waals surface area (Å²) < 4.78 is 20.5. The van der Waals surface area contributed by atoms with Crippen LogP contribution in [0.5, 0.6) is 0 Å². The second kappa shape index (κ2) is 18.4. The normalized spacial score (nSPS) is 11.3. The number of ether oxygens (including phenoxy) is 4. The van der Waals surface area contributed by atoms with Crippen LogP contribution >= 0.6 is 22.7 Å². The summed E-state index contributed by atoms with van der Waals surface area (Å²) in [6.45, 7) is 10.6. The topological polar surface area (TPSA) is 163 Å². The number of thiophene rings is 2. The van der Waals surface area contributed by atoms with Crippen molar-refractivity contribution in [3.05, 3.63) is 34.0 Å². The predicted molar refractivity (Wildman–Crippen MR) is 174 cm³/mol. The lowest BCUT2D eigenvalue weighted by atomic mass is 10.2. The van der Waals surface area contributed by atoms with Crippen LogP contribution in [0.4, 0.5) is 9.59 Å². The maximum absolute atomic E-state index is 12.6. The predicted octanol–water partition coefficient (Wildman–Crippen LogP) is 6.32. The van der Waals surface area contributed by atoms with Gasteiger partial charge in [-0.2, -0.15) is 0 Å². The van der Waals surface area contributed by atoms with Gasteiger partial charge in [-0.3, -0.25) is 19.2 Å². The van der Waals surface area contributed by atoms with Gasteiger partial charge in [0.15, 0.2) is 13.2 Å². The summed E-state index contributed by atoms with van der Waals surface area (Å²) in [6.07, 6.45) is 1.29. The van der Waals surface area contributed by atoms with E-state index < -0.39 is 35.3 Å². The summed E-state index contributed by atoms with van der Waals surface area (Å²) in [7, 11) is 0. The third-order valence-electron chi connectivity index (χ3n) is 5.68. The van der Waals surface area contributed by atoms with Crippen molar-refractivity contribution in [3.8, 4) is 9.75 Å². The molecule has 0 aliphatic rings. The van der Waals surface area contributed by atoms with E-state index >= 15 is 0 Å². The first kappa shape index (κ1) is 38.4. The molecule has 0 bridgehead atoms. The lowest BCUT2D eigenvalue weighted by molar-refractivity contribution is -0.143. The zero-order valence-corrected chi connectivity index (χ0v) is 28.9. The number of ketones is 2. The van der Waals surface area contributed by atoms with E-state index in [0.29, 0.717) is 48.5 Å². The molecule has 46 heavy (non-hydrogen) atoms. The van der Waals surface area contributed by atoms with Crippen LogP contribution in [0.1, 0.15) is 99.4 Å². The average molecular weight is 681 g/mol. The Labute approximate surface area is 277 Å². The third-order valence-corrected chi connectivity index (χ3v) is 8.13. The molecule has 0 aromatic carbocycles. The maximum atomic E-state index is 12.6. The Hall–Kier alpha value is -3.78. The fourth-order valence-electron chi connectivity index (χ4n) is 3.62.